The number of pyridine rings is 7. The molecule has 9 N–H and O–H groups in total. The van der Waals surface area contributed by atoms with Crippen LogP contribution in [0.15, 0.2) is 112 Å². The first kappa shape index (κ1) is 78.9. The van der Waals surface area contributed by atoms with E-state index in [0.717, 1.165) is 82.7 Å². The summed E-state index contributed by atoms with van der Waals surface area (Å²) in [6.07, 6.45) is 26.6. The van der Waals surface area contributed by atoms with Crippen molar-refractivity contribution in [2.45, 2.75) is 150 Å². The van der Waals surface area contributed by atoms with Gasteiger partial charge in [-0.3, -0.25) is 72.5 Å². The average molecular weight is 1530 g/mol. The van der Waals surface area contributed by atoms with Crippen LogP contribution in [0.1, 0.15) is 192 Å². The van der Waals surface area contributed by atoms with Gasteiger partial charge < -0.3 is 30.5 Å². The van der Waals surface area contributed by atoms with Crippen LogP contribution in [-0.2, 0) is 9.59 Å². The number of fused-ring (bicyclic) bond motifs is 3. The number of ether oxygens (including phenoxy) is 1. The van der Waals surface area contributed by atoms with Gasteiger partial charge in [0.2, 0.25) is 23.8 Å². The van der Waals surface area contributed by atoms with Crippen molar-refractivity contribution in [2.75, 3.05) is 59.0 Å². The number of ketones is 3. The summed E-state index contributed by atoms with van der Waals surface area (Å²) in [6.45, 7) is 11.8. The Balaban J connectivity index is 0.000000157. The van der Waals surface area contributed by atoms with Crippen LogP contribution in [0, 0.1) is 26.7 Å². The Hall–Kier alpha value is -12.7. The van der Waals surface area contributed by atoms with E-state index in [-0.39, 0.29) is 92.2 Å². The Labute approximate surface area is 641 Å². The zero-order valence-electron chi connectivity index (χ0n) is 63.0. The highest BCUT2D eigenvalue weighted by molar-refractivity contribution is 6.01. The molecule has 34 heteroatoms. The number of hydrogen-bond donors (Lipinski definition) is 9. The Morgan fingerprint density at radius 3 is 1.30 bits per heavy atom. The van der Waals surface area contributed by atoms with E-state index in [0.29, 0.717) is 135 Å². The fourth-order valence-electron chi connectivity index (χ4n) is 15.0. The van der Waals surface area contributed by atoms with Crippen LogP contribution >= 0.6 is 0 Å². The first-order chi connectivity index (χ1) is 54.0. The molecule has 4 aliphatic rings. The first-order valence-electron chi connectivity index (χ1n) is 37.1. The molecule has 112 heavy (non-hydrogen) atoms. The quantitative estimate of drug-likeness (QED) is 0.0132. The molecule has 34 nitrogen and oxygen atoms in total. The van der Waals surface area contributed by atoms with E-state index < -0.39 is 11.8 Å². The number of carbonyl (C=O) groups is 6. The summed E-state index contributed by atoms with van der Waals surface area (Å²) in [4.78, 5) is 160. The molecular formula is C78H87N21O13. The van der Waals surface area contributed by atoms with Crippen LogP contribution in [0.25, 0.3) is 39.2 Å². The third kappa shape index (κ3) is 17.6. The number of aryl methyl sites for hydroxylation is 3. The number of nitrogens with zero attached hydrogens (tertiary/aromatic N) is 15. The van der Waals surface area contributed by atoms with Crippen LogP contribution in [0.3, 0.4) is 0 Å². The Kier molecular flexibility index (Phi) is 24.9. The molecule has 0 unspecified atom stereocenters. The van der Waals surface area contributed by atoms with Gasteiger partial charge in [-0.15, -0.1) is 0 Å². The molecule has 3 saturated carbocycles. The Morgan fingerprint density at radius 1 is 0.500 bits per heavy atom. The molecule has 1 saturated heterocycles. The van der Waals surface area contributed by atoms with Gasteiger partial charge in [-0.25, -0.2) is 51.3 Å². The number of aromatic nitrogens is 13. The topological polar surface area (TPSA) is 446 Å². The second kappa shape index (κ2) is 35.3. The van der Waals surface area contributed by atoms with Crippen molar-refractivity contribution in [1.82, 2.24) is 80.0 Å². The fourth-order valence-corrected chi connectivity index (χ4v) is 15.0. The van der Waals surface area contributed by atoms with Gasteiger partial charge in [-0.1, -0.05) is 38.5 Å². The molecule has 11 heterocycles. The van der Waals surface area contributed by atoms with Crippen molar-refractivity contribution in [3.63, 3.8) is 0 Å². The monoisotopic (exact) mass is 1530 g/mol. The average Bonchev–Trinajstić information content (AvgIpc) is 0.932. The smallest absolute Gasteiger partial charge is 0.276 e. The minimum Gasteiger partial charge on any atom is -0.490 e. The van der Waals surface area contributed by atoms with Crippen LogP contribution < -0.4 is 63.6 Å². The summed E-state index contributed by atoms with van der Waals surface area (Å²) in [7, 11) is 1.85. The highest BCUT2D eigenvalue weighted by atomic mass is 16.5. The second-order valence-corrected chi connectivity index (χ2v) is 28.1. The van der Waals surface area contributed by atoms with E-state index in [2.05, 4.69) is 65.7 Å². The predicted octanol–water partition coefficient (Wildman–Crippen LogP) is 9.94. The maximum atomic E-state index is 13.4. The standard InChI is InChI=1S/C29H32N8O5.C26H31N7O4.C23H24N6O4/c1-17-22-16-32-29(34-26(22)37(20-6-4-5-7-20)28(40)25(17)18(2)38)33-23-10-9-21(15-30-23)42-13-12-36(3)24-11-8-19(14-31-24)27(39)35-41;1-15-20-14-28-26(30-23(20)33(18-5-3-4-6-18)25(36)22(15)16(2)34)29-21-8-7-19(13-27-21)32-11-9-17(10-12-32)24(35)31-37;1-13-17-12-25-23(26-18-9-7-15(11-24-18)8-10-19(31)28-33)27-21(17)29(16-5-3-4-6-16)22(32)20(13)14(2)30/h8-11,14-16,20,41H,4-7,12-13H2,1-3H3,(H,35,39)(H,30,32,33,34);7-8,13-14,17-18,37H,3-6,9-12H2,1-2H3,(H,31,35)(H,27,28,29,30);7-12,16,33H,3-6H2,1-2H3,(H,28,31)(H,24,25,26,27)/b;;10-8+. The largest absolute Gasteiger partial charge is 0.490 e. The van der Waals surface area contributed by atoms with Gasteiger partial charge >= 0.3 is 0 Å². The van der Waals surface area contributed by atoms with E-state index >= 15 is 0 Å². The summed E-state index contributed by atoms with van der Waals surface area (Å²) < 4.78 is 10.8. The Bertz CT molecular complexity index is 5420. The number of carbonyl (C=O) groups excluding carboxylic acids is 6. The normalized spacial score (nSPS) is 14.7. The van der Waals surface area contributed by atoms with E-state index in [1.54, 1.807) is 119 Å². The highest BCUT2D eigenvalue weighted by Gasteiger charge is 2.31. The van der Waals surface area contributed by atoms with Crippen molar-refractivity contribution in [1.29, 1.82) is 0 Å². The van der Waals surface area contributed by atoms with Gasteiger partial charge in [0.25, 0.3) is 28.5 Å². The van der Waals surface area contributed by atoms with E-state index in [1.807, 2.05) is 24.1 Å². The lowest BCUT2D eigenvalue weighted by Crippen LogP contribution is -2.39. The lowest BCUT2D eigenvalue weighted by atomic mass is 9.96. The molecule has 10 aromatic rings. The zero-order chi connectivity index (χ0) is 79.4. The number of piperidine rings is 1. The fraction of sp³-hybridized carbons (Fsp3) is 0.372. The second-order valence-electron chi connectivity index (χ2n) is 28.1. The molecule has 0 radical (unpaired) electrons. The number of hydroxylamine groups is 3. The molecule has 0 aromatic carbocycles. The van der Waals surface area contributed by atoms with E-state index in [1.165, 1.54) is 44.6 Å². The SMILES string of the molecule is CC(=O)c1c(C)c2cnc(Nc3ccc(/C=C/C(=O)NO)cn3)nc2n(C2CCCC2)c1=O.CC(=O)c1c(C)c2cnc(Nc3ccc(N4CCC(C(=O)NO)CC4)cn3)nc2n(C2CCCC2)c1=O.CC(=O)c1c(C)c2cnc(Nc3ccc(OCCN(C)c4ccc(C(=O)NO)cn4)cn3)nc2n(C2CCCC2)c1=O. The highest BCUT2D eigenvalue weighted by Crippen LogP contribution is 2.36. The third-order valence-electron chi connectivity index (χ3n) is 20.8. The third-order valence-corrected chi connectivity index (χ3v) is 20.8. The molecule has 1 aliphatic heterocycles. The zero-order valence-corrected chi connectivity index (χ0v) is 63.0. The van der Waals surface area contributed by atoms with Gasteiger partial charge in [0.1, 0.15) is 52.6 Å². The van der Waals surface area contributed by atoms with Crippen molar-refractivity contribution in [3.8, 4) is 5.75 Å². The number of nitrogens with one attached hydrogen (secondary N) is 6. The molecular weight excluding hydrogens is 1440 g/mol. The van der Waals surface area contributed by atoms with Crippen molar-refractivity contribution in [2.24, 2.45) is 5.92 Å². The summed E-state index contributed by atoms with van der Waals surface area (Å²) in [6, 6.07) is 14.0. The molecule has 0 spiro atoms. The van der Waals surface area contributed by atoms with Crippen molar-refractivity contribution in [3.05, 3.63) is 174 Å². The van der Waals surface area contributed by atoms with Gasteiger partial charge in [0, 0.05) is 97.4 Å². The van der Waals surface area contributed by atoms with E-state index in [4.69, 9.17) is 25.3 Å². The number of likely N-dealkylation sites (N-methyl/N-ethyl adjacent to an activating group) is 1. The minimum absolute atomic E-state index is 0.00164. The lowest BCUT2D eigenvalue weighted by molar-refractivity contribution is -0.134. The lowest BCUT2D eigenvalue weighted by Gasteiger charge is -2.32. The maximum Gasteiger partial charge on any atom is 0.276 e. The summed E-state index contributed by atoms with van der Waals surface area (Å²) in [5.74, 6) is 1.10. The van der Waals surface area contributed by atoms with Gasteiger partial charge in [0.05, 0.1) is 46.9 Å². The summed E-state index contributed by atoms with van der Waals surface area (Å²) in [5, 5.41) is 37.4. The van der Waals surface area contributed by atoms with Crippen LogP contribution in [0.2, 0.25) is 0 Å². The number of amides is 3. The molecule has 0 atom stereocenters. The summed E-state index contributed by atoms with van der Waals surface area (Å²) in [5.41, 5.74) is 9.74. The number of rotatable bonds is 22. The van der Waals surface area contributed by atoms with Crippen LogP contribution in [0.5, 0.6) is 5.75 Å². The molecule has 582 valence electrons. The van der Waals surface area contributed by atoms with Gasteiger partial charge in [-0.2, -0.15) is 15.0 Å². The molecule has 3 amide bonds. The summed E-state index contributed by atoms with van der Waals surface area (Å²) >= 11 is 0. The molecule has 3 aliphatic carbocycles. The van der Waals surface area contributed by atoms with Crippen LogP contribution in [-0.4, -0.2) is 148 Å². The molecule has 10 aromatic heterocycles. The molecule has 0 bridgehead atoms. The maximum absolute atomic E-state index is 13.4. The Morgan fingerprint density at radius 2 is 0.938 bits per heavy atom. The molecule has 14 rings (SSSR count). The number of Topliss-reactive ketones (excluding diaryl/α,β-unsaturated/α-hetero) is 3. The predicted molar refractivity (Wildman–Crippen MR) is 417 cm³/mol. The first-order valence-corrected chi connectivity index (χ1v) is 37.1. The number of hydrogen-bond acceptors (Lipinski definition) is 28. The van der Waals surface area contributed by atoms with E-state index in [9.17, 15) is 43.2 Å². The van der Waals surface area contributed by atoms with Gasteiger partial charge in [0.15, 0.2) is 17.3 Å². The molecule has 4 fully saturated rings. The van der Waals surface area contributed by atoms with Crippen molar-refractivity contribution < 1.29 is 49.1 Å². The van der Waals surface area contributed by atoms with Crippen LogP contribution in [0.4, 0.5) is 46.8 Å². The minimum atomic E-state index is -0.640. The van der Waals surface area contributed by atoms with Crippen molar-refractivity contribution >= 4 is 121 Å². The number of anilines is 8. The van der Waals surface area contributed by atoms with Gasteiger partial charge in [-0.05, 0) is 170 Å².